The molecule has 0 saturated carbocycles. The number of likely N-dealkylation sites (tertiary alicyclic amines) is 1. The number of rotatable bonds is 7. The third kappa shape index (κ3) is 5.48. The van der Waals surface area contributed by atoms with Gasteiger partial charge in [0.25, 0.3) is 0 Å². The second-order valence-electron chi connectivity index (χ2n) is 8.30. The van der Waals surface area contributed by atoms with E-state index in [0.717, 1.165) is 31.6 Å². The molecule has 1 saturated heterocycles. The van der Waals surface area contributed by atoms with Gasteiger partial charge >= 0.3 is 5.97 Å². The van der Waals surface area contributed by atoms with E-state index in [2.05, 4.69) is 29.3 Å². The van der Waals surface area contributed by atoms with Crippen molar-refractivity contribution in [3.63, 3.8) is 0 Å². The summed E-state index contributed by atoms with van der Waals surface area (Å²) in [6.07, 6.45) is 2.52. The molecule has 0 unspecified atom stereocenters. The summed E-state index contributed by atoms with van der Waals surface area (Å²) < 4.78 is 5.54. The summed E-state index contributed by atoms with van der Waals surface area (Å²) in [5, 5.41) is 2.80. The van der Waals surface area contributed by atoms with Gasteiger partial charge in [0.15, 0.2) is 0 Å². The second-order valence-corrected chi connectivity index (χ2v) is 8.30. The number of hydrogen-bond acceptors (Lipinski definition) is 4. The third-order valence-corrected chi connectivity index (χ3v) is 5.83. The number of piperidine rings is 1. The molecule has 1 amide bonds. The average Bonchev–Trinajstić information content (AvgIpc) is 2.71. The maximum Gasteiger partial charge on any atom is 0.313 e. The van der Waals surface area contributed by atoms with Gasteiger partial charge in [0.2, 0.25) is 5.91 Å². The fourth-order valence-corrected chi connectivity index (χ4v) is 4.36. The molecular weight excluding hydrogens is 376 g/mol. The summed E-state index contributed by atoms with van der Waals surface area (Å²) in [5.74, 6) is -0.159. The first-order valence-corrected chi connectivity index (χ1v) is 10.7. The van der Waals surface area contributed by atoms with Gasteiger partial charge in [-0.05, 0) is 68.5 Å². The second kappa shape index (κ2) is 9.90. The number of hydrogen-bond donors (Lipinski definition) is 1. The van der Waals surface area contributed by atoms with E-state index in [4.69, 9.17) is 4.74 Å². The van der Waals surface area contributed by atoms with E-state index in [-0.39, 0.29) is 11.9 Å². The standard InChI is InChI=1S/C25H32N2O3/c1-4-30-24(29)25(16-22-9-6-5-8-19(22)2)14-7-15-27(18-25)17-21-10-12-23(13-11-21)26-20(3)28/h5-6,8-13H,4,7,14-18H2,1-3H3,(H,26,28)/t25-/m0/s1. The van der Waals surface area contributed by atoms with Crippen LogP contribution in [0.4, 0.5) is 5.69 Å². The van der Waals surface area contributed by atoms with Crippen LogP contribution in [0.3, 0.4) is 0 Å². The lowest BCUT2D eigenvalue weighted by atomic mass is 9.74. The van der Waals surface area contributed by atoms with Crippen molar-refractivity contribution in [1.29, 1.82) is 0 Å². The maximum atomic E-state index is 13.1. The first kappa shape index (κ1) is 22.0. The molecule has 1 atom stereocenters. The van der Waals surface area contributed by atoms with Gasteiger partial charge < -0.3 is 10.1 Å². The van der Waals surface area contributed by atoms with E-state index in [1.807, 2.05) is 43.3 Å². The fraction of sp³-hybridized carbons (Fsp3) is 0.440. The number of esters is 1. The van der Waals surface area contributed by atoms with Gasteiger partial charge in [0, 0.05) is 25.7 Å². The Kier molecular flexibility index (Phi) is 7.27. The first-order chi connectivity index (χ1) is 14.4. The molecule has 0 aromatic heterocycles. The molecule has 0 spiro atoms. The number of benzene rings is 2. The Balaban J connectivity index is 1.77. The highest BCUT2D eigenvalue weighted by molar-refractivity contribution is 5.88. The molecule has 1 fully saturated rings. The normalized spacial score (nSPS) is 19.3. The molecule has 3 rings (SSSR count). The lowest BCUT2D eigenvalue weighted by Gasteiger charge is -2.41. The van der Waals surface area contributed by atoms with Crippen LogP contribution in [0.5, 0.6) is 0 Å². The Hall–Kier alpha value is -2.66. The summed E-state index contributed by atoms with van der Waals surface area (Å²) >= 11 is 0. The highest BCUT2D eigenvalue weighted by atomic mass is 16.5. The van der Waals surface area contributed by atoms with Crippen molar-refractivity contribution in [2.75, 3.05) is 25.0 Å². The van der Waals surface area contributed by atoms with E-state index in [0.29, 0.717) is 19.6 Å². The summed E-state index contributed by atoms with van der Waals surface area (Å²) in [6, 6.07) is 16.2. The van der Waals surface area contributed by atoms with Gasteiger partial charge in [-0.2, -0.15) is 0 Å². The van der Waals surface area contributed by atoms with E-state index >= 15 is 0 Å². The number of amides is 1. The van der Waals surface area contributed by atoms with Crippen LogP contribution < -0.4 is 5.32 Å². The zero-order valence-corrected chi connectivity index (χ0v) is 18.2. The summed E-state index contributed by atoms with van der Waals surface area (Å²) in [5.41, 5.74) is 3.88. The molecule has 30 heavy (non-hydrogen) atoms. The molecule has 2 aromatic carbocycles. The van der Waals surface area contributed by atoms with Crippen LogP contribution in [0, 0.1) is 12.3 Å². The van der Waals surface area contributed by atoms with Crippen molar-refractivity contribution in [3.05, 3.63) is 65.2 Å². The van der Waals surface area contributed by atoms with Crippen LogP contribution in [0.15, 0.2) is 48.5 Å². The number of nitrogens with zero attached hydrogens (tertiary/aromatic N) is 1. The molecule has 0 bridgehead atoms. The van der Waals surface area contributed by atoms with Crippen LogP contribution in [-0.4, -0.2) is 36.5 Å². The zero-order valence-electron chi connectivity index (χ0n) is 18.2. The predicted octanol–water partition coefficient (Wildman–Crippen LogP) is 4.34. The minimum absolute atomic E-state index is 0.0748. The number of ether oxygens (including phenoxy) is 1. The smallest absolute Gasteiger partial charge is 0.313 e. The van der Waals surface area contributed by atoms with Crippen LogP contribution in [0.25, 0.3) is 0 Å². The highest BCUT2D eigenvalue weighted by Gasteiger charge is 2.43. The fourth-order valence-electron chi connectivity index (χ4n) is 4.36. The van der Waals surface area contributed by atoms with Crippen LogP contribution in [0.1, 0.15) is 43.4 Å². The largest absolute Gasteiger partial charge is 0.466 e. The Morgan fingerprint density at radius 3 is 2.53 bits per heavy atom. The lowest BCUT2D eigenvalue weighted by Crippen LogP contribution is -2.49. The third-order valence-electron chi connectivity index (χ3n) is 5.83. The van der Waals surface area contributed by atoms with Gasteiger partial charge in [-0.3, -0.25) is 14.5 Å². The molecule has 0 aliphatic carbocycles. The molecule has 1 N–H and O–H groups in total. The average molecular weight is 409 g/mol. The van der Waals surface area contributed by atoms with Gasteiger partial charge in [0.05, 0.1) is 12.0 Å². The Labute approximate surface area is 179 Å². The number of anilines is 1. The van der Waals surface area contributed by atoms with Gasteiger partial charge in [0.1, 0.15) is 0 Å². The topological polar surface area (TPSA) is 58.6 Å². The molecule has 0 radical (unpaired) electrons. The SMILES string of the molecule is CCOC(=O)[C@]1(Cc2ccccc2C)CCCN(Cc2ccc(NC(C)=O)cc2)C1. The minimum Gasteiger partial charge on any atom is -0.466 e. The predicted molar refractivity (Wildman–Crippen MR) is 119 cm³/mol. The number of nitrogens with one attached hydrogen (secondary N) is 1. The van der Waals surface area contributed by atoms with Crippen LogP contribution in [0.2, 0.25) is 0 Å². The highest BCUT2D eigenvalue weighted by Crippen LogP contribution is 2.36. The molecular formula is C25H32N2O3. The van der Waals surface area contributed by atoms with E-state index in [1.165, 1.54) is 23.6 Å². The Morgan fingerprint density at radius 1 is 1.13 bits per heavy atom. The van der Waals surface area contributed by atoms with Gasteiger partial charge in [-0.15, -0.1) is 0 Å². The molecule has 160 valence electrons. The Bertz CT molecular complexity index is 878. The number of carbonyl (C=O) groups excluding carboxylic acids is 2. The molecule has 1 aliphatic heterocycles. The summed E-state index contributed by atoms with van der Waals surface area (Å²) in [6.45, 7) is 8.30. The maximum absolute atomic E-state index is 13.1. The van der Waals surface area contributed by atoms with Crippen molar-refractivity contribution in [2.45, 2.75) is 46.6 Å². The first-order valence-electron chi connectivity index (χ1n) is 10.7. The summed E-state index contributed by atoms with van der Waals surface area (Å²) in [4.78, 5) is 26.7. The van der Waals surface area contributed by atoms with Crippen molar-refractivity contribution in [1.82, 2.24) is 4.90 Å². The van der Waals surface area contributed by atoms with E-state index in [9.17, 15) is 9.59 Å². The zero-order chi connectivity index (χ0) is 21.6. The molecule has 1 heterocycles. The van der Waals surface area contributed by atoms with Crippen molar-refractivity contribution < 1.29 is 14.3 Å². The lowest BCUT2D eigenvalue weighted by molar-refractivity contribution is -0.159. The van der Waals surface area contributed by atoms with Crippen LogP contribution >= 0.6 is 0 Å². The van der Waals surface area contributed by atoms with Crippen molar-refractivity contribution >= 4 is 17.6 Å². The Morgan fingerprint density at radius 2 is 1.87 bits per heavy atom. The monoisotopic (exact) mass is 408 g/mol. The molecule has 5 nitrogen and oxygen atoms in total. The van der Waals surface area contributed by atoms with Crippen molar-refractivity contribution in [2.24, 2.45) is 5.41 Å². The molecule has 5 heteroatoms. The van der Waals surface area contributed by atoms with E-state index < -0.39 is 5.41 Å². The van der Waals surface area contributed by atoms with E-state index in [1.54, 1.807) is 0 Å². The quantitative estimate of drug-likeness (QED) is 0.693. The van der Waals surface area contributed by atoms with Crippen LogP contribution in [-0.2, 0) is 27.3 Å². The minimum atomic E-state index is -0.517. The number of aryl methyl sites for hydroxylation is 1. The van der Waals surface area contributed by atoms with Gasteiger partial charge in [-0.25, -0.2) is 0 Å². The number of carbonyl (C=O) groups is 2. The van der Waals surface area contributed by atoms with Gasteiger partial charge in [-0.1, -0.05) is 36.4 Å². The summed E-state index contributed by atoms with van der Waals surface area (Å²) in [7, 11) is 0. The van der Waals surface area contributed by atoms with Crippen molar-refractivity contribution in [3.8, 4) is 0 Å². The molecule has 1 aliphatic rings. The molecule has 2 aromatic rings.